The van der Waals surface area contributed by atoms with Crippen molar-refractivity contribution >= 4 is 11.6 Å². The molecular weight excluding hydrogens is 270 g/mol. The minimum absolute atomic E-state index is 0.166. The minimum atomic E-state index is -0.166. The fraction of sp³-hybridized carbons (Fsp3) is 0.429. The SMILES string of the molecule is CCCNc1cc(C)ncc1C(=O)NCCc1ncno1. The van der Waals surface area contributed by atoms with Gasteiger partial charge in [-0.25, -0.2) is 0 Å². The summed E-state index contributed by atoms with van der Waals surface area (Å²) in [5.41, 5.74) is 2.22. The minimum Gasteiger partial charge on any atom is -0.384 e. The highest BCUT2D eigenvalue weighted by molar-refractivity contribution is 5.99. The van der Waals surface area contributed by atoms with Gasteiger partial charge >= 0.3 is 0 Å². The predicted molar refractivity (Wildman–Crippen MR) is 78.1 cm³/mol. The molecule has 0 fully saturated rings. The number of rotatable bonds is 7. The van der Waals surface area contributed by atoms with Crippen LogP contribution in [0.25, 0.3) is 0 Å². The van der Waals surface area contributed by atoms with Crippen molar-refractivity contribution in [1.29, 1.82) is 0 Å². The van der Waals surface area contributed by atoms with Crippen molar-refractivity contribution in [1.82, 2.24) is 20.4 Å². The maximum atomic E-state index is 12.2. The lowest BCUT2D eigenvalue weighted by atomic mass is 10.2. The van der Waals surface area contributed by atoms with Gasteiger partial charge in [0.15, 0.2) is 6.33 Å². The van der Waals surface area contributed by atoms with Crippen molar-refractivity contribution in [2.45, 2.75) is 26.7 Å². The lowest BCUT2D eigenvalue weighted by Gasteiger charge is -2.11. The van der Waals surface area contributed by atoms with Gasteiger partial charge in [0.2, 0.25) is 5.89 Å². The van der Waals surface area contributed by atoms with Crippen LogP contribution in [-0.2, 0) is 6.42 Å². The molecule has 0 unspecified atom stereocenters. The zero-order valence-electron chi connectivity index (χ0n) is 12.2. The van der Waals surface area contributed by atoms with Gasteiger partial charge in [0.25, 0.3) is 5.91 Å². The first-order chi connectivity index (χ1) is 10.2. The molecule has 2 aromatic heterocycles. The largest absolute Gasteiger partial charge is 0.384 e. The average Bonchev–Trinajstić information content (AvgIpc) is 2.98. The molecule has 0 aromatic carbocycles. The van der Waals surface area contributed by atoms with Gasteiger partial charge in [-0.15, -0.1) is 0 Å². The highest BCUT2D eigenvalue weighted by Gasteiger charge is 2.12. The van der Waals surface area contributed by atoms with Crippen LogP contribution >= 0.6 is 0 Å². The normalized spacial score (nSPS) is 10.4. The Labute approximate surface area is 123 Å². The second kappa shape index (κ2) is 7.37. The van der Waals surface area contributed by atoms with E-state index in [-0.39, 0.29) is 5.91 Å². The molecule has 2 N–H and O–H groups in total. The average molecular weight is 289 g/mol. The number of nitrogens with zero attached hydrogens (tertiary/aromatic N) is 3. The van der Waals surface area contributed by atoms with Crippen LogP contribution in [0.4, 0.5) is 5.69 Å². The first-order valence-electron chi connectivity index (χ1n) is 6.95. The van der Waals surface area contributed by atoms with Crippen molar-refractivity contribution in [2.75, 3.05) is 18.4 Å². The topological polar surface area (TPSA) is 92.9 Å². The van der Waals surface area contributed by atoms with Crippen molar-refractivity contribution in [3.63, 3.8) is 0 Å². The third kappa shape index (κ3) is 4.27. The van der Waals surface area contributed by atoms with Crippen LogP contribution in [-0.4, -0.2) is 34.1 Å². The van der Waals surface area contributed by atoms with Gasteiger partial charge in [-0.3, -0.25) is 9.78 Å². The van der Waals surface area contributed by atoms with E-state index in [1.165, 1.54) is 6.33 Å². The van der Waals surface area contributed by atoms with Crippen LogP contribution in [0.2, 0.25) is 0 Å². The van der Waals surface area contributed by atoms with Crippen LogP contribution in [0.3, 0.4) is 0 Å². The van der Waals surface area contributed by atoms with Gasteiger partial charge in [-0.1, -0.05) is 12.1 Å². The molecule has 2 rings (SSSR count). The third-order valence-electron chi connectivity index (χ3n) is 2.88. The standard InChI is InChI=1S/C14H19N5O2/c1-3-5-15-12-7-10(2)17-8-11(12)14(20)16-6-4-13-18-9-19-21-13/h7-9H,3-6H2,1-2H3,(H,15,17)(H,16,20). The lowest BCUT2D eigenvalue weighted by Crippen LogP contribution is -2.27. The molecule has 112 valence electrons. The third-order valence-corrected chi connectivity index (χ3v) is 2.88. The Hall–Kier alpha value is -2.44. The smallest absolute Gasteiger partial charge is 0.254 e. The molecule has 2 aromatic rings. The van der Waals surface area contributed by atoms with Crippen LogP contribution in [0, 0.1) is 6.92 Å². The molecule has 0 atom stereocenters. The van der Waals surface area contributed by atoms with Gasteiger partial charge in [0.1, 0.15) is 0 Å². The number of carbonyl (C=O) groups excluding carboxylic acids is 1. The van der Waals surface area contributed by atoms with Crippen molar-refractivity contribution < 1.29 is 9.32 Å². The van der Waals surface area contributed by atoms with E-state index in [2.05, 4.69) is 32.7 Å². The summed E-state index contributed by atoms with van der Waals surface area (Å²) in [6, 6.07) is 1.88. The van der Waals surface area contributed by atoms with Crippen molar-refractivity contribution in [3.8, 4) is 0 Å². The number of pyridine rings is 1. The molecule has 0 saturated heterocycles. The number of amides is 1. The summed E-state index contributed by atoms with van der Waals surface area (Å²) in [4.78, 5) is 20.3. The second-order valence-corrected chi connectivity index (χ2v) is 4.64. The van der Waals surface area contributed by atoms with Crippen molar-refractivity contribution in [2.24, 2.45) is 0 Å². The van der Waals surface area contributed by atoms with E-state index >= 15 is 0 Å². The predicted octanol–water partition coefficient (Wildman–Crippen LogP) is 1.57. The van der Waals surface area contributed by atoms with Gasteiger partial charge in [-0.05, 0) is 19.4 Å². The molecule has 7 nitrogen and oxygen atoms in total. The fourth-order valence-corrected chi connectivity index (χ4v) is 1.83. The second-order valence-electron chi connectivity index (χ2n) is 4.64. The molecule has 0 saturated carbocycles. The van der Waals surface area contributed by atoms with E-state index in [4.69, 9.17) is 4.52 Å². The first-order valence-corrected chi connectivity index (χ1v) is 6.95. The number of anilines is 1. The van der Waals surface area contributed by atoms with E-state index in [1.807, 2.05) is 13.0 Å². The molecule has 21 heavy (non-hydrogen) atoms. The van der Waals surface area contributed by atoms with Gasteiger partial charge < -0.3 is 15.2 Å². The highest BCUT2D eigenvalue weighted by atomic mass is 16.5. The summed E-state index contributed by atoms with van der Waals surface area (Å²) >= 11 is 0. The fourth-order valence-electron chi connectivity index (χ4n) is 1.83. The van der Waals surface area contributed by atoms with E-state index in [9.17, 15) is 4.79 Å². The summed E-state index contributed by atoms with van der Waals surface area (Å²) in [6.45, 7) is 5.22. The Morgan fingerprint density at radius 1 is 1.33 bits per heavy atom. The molecule has 0 aliphatic carbocycles. The van der Waals surface area contributed by atoms with E-state index in [1.54, 1.807) is 6.20 Å². The first kappa shape index (κ1) is 15.0. The Kier molecular flexibility index (Phi) is 5.25. The molecule has 0 bridgehead atoms. The van der Waals surface area contributed by atoms with Gasteiger partial charge in [0.05, 0.1) is 11.3 Å². The van der Waals surface area contributed by atoms with Gasteiger partial charge in [0, 0.05) is 31.4 Å². The summed E-state index contributed by atoms with van der Waals surface area (Å²) in [6.07, 6.45) is 4.42. The van der Waals surface area contributed by atoms with E-state index < -0.39 is 0 Å². The number of aromatic nitrogens is 3. The molecule has 0 aliphatic rings. The number of nitrogens with one attached hydrogen (secondary N) is 2. The van der Waals surface area contributed by atoms with Crippen LogP contribution in [0.1, 0.15) is 35.3 Å². The van der Waals surface area contributed by atoms with Crippen LogP contribution in [0.15, 0.2) is 23.1 Å². The quantitative estimate of drug-likeness (QED) is 0.803. The summed E-state index contributed by atoms with van der Waals surface area (Å²) < 4.78 is 4.88. The molecule has 7 heteroatoms. The van der Waals surface area contributed by atoms with Crippen molar-refractivity contribution in [3.05, 3.63) is 35.7 Å². The molecule has 2 heterocycles. The summed E-state index contributed by atoms with van der Waals surface area (Å²) in [5.74, 6) is 0.335. The van der Waals surface area contributed by atoms with E-state index in [0.29, 0.717) is 24.4 Å². The number of hydrogen-bond donors (Lipinski definition) is 2. The van der Waals surface area contributed by atoms with E-state index in [0.717, 1.165) is 24.3 Å². The molecule has 0 aliphatic heterocycles. The van der Waals surface area contributed by atoms with Gasteiger partial charge in [-0.2, -0.15) is 4.98 Å². The zero-order chi connectivity index (χ0) is 15.1. The summed E-state index contributed by atoms with van der Waals surface area (Å²) in [5, 5.41) is 9.59. The number of carbonyl (C=O) groups is 1. The summed E-state index contributed by atoms with van der Waals surface area (Å²) in [7, 11) is 0. The maximum Gasteiger partial charge on any atom is 0.254 e. The Balaban J connectivity index is 1.97. The monoisotopic (exact) mass is 289 g/mol. The maximum absolute atomic E-state index is 12.2. The molecule has 1 amide bonds. The number of hydrogen-bond acceptors (Lipinski definition) is 6. The molecular formula is C14H19N5O2. The van der Waals surface area contributed by atoms with Crippen LogP contribution in [0.5, 0.6) is 0 Å². The van der Waals surface area contributed by atoms with Crippen LogP contribution < -0.4 is 10.6 Å². The lowest BCUT2D eigenvalue weighted by molar-refractivity contribution is 0.0954. The highest BCUT2D eigenvalue weighted by Crippen LogP contribution is 2.15. The Morgan fingerprint density at radius 3 is 2.90 bits per heavy atom. The molecule has 0 radical (unpaired) electrons. The number of aryl methyl sites for hydroxylation is 1. The Bertz CT molecular complexity index is 583. The Morgan fingerprint density at radius 2 is 2.19 bits per heavy atom. The molecule has 0 spiro atoms. The zero-order valence-corrected chi connectivity index (χ0v) is 12.2.